The van der Waals surface area contributed by atoms with Crippen LogP contribution in [0.15, 0.2) is 6.20 Å². The van der Waals surface area contributed by atoms with Crippen molar-refractivity contribution in [3.8, 4) is 5.75 Å². The minimum atomic E-state index is -0.641. The molecule has 1 aromatic heterocycles. The summed E-state index contributed by atoms with van der Waals surface area (Å²) in [5.41, 5.74) is -0.113. The number of Topliss-reactive ketones (excluding diaryl/α,β-unsaturated/α-hetero) is 1. The van der Waals surface area contributed by atoms with E-state index in [0.717, 1.165) is 13.1 Å². The molecule has 0 unspecified atom stereocenters. The lowest BCUT2D eigenvalue weighted by Crippen LogP contribution is -2.47. The van der Waals surface area contributed by atoms with Gasteiger partial charge in [0.15, 0.2) is 5.75 Å². The zero-order valence-electron chi connectivity index (χ0n) is 13.4. The van der Waals surface area contributed by atoms with Crippen LogP contribution in [0.3, 0.4) is 0 Å². The lowest BCUT2D eigenvalue weighted by molar-refractivity contribution is 0.0868. The Hall–Kier alpha value is -1.40. The Morgan fingerprint density at radius 3 is 2.65 bits per heavy atom. The second kappa shape index (κ2) is 6.85. The molecule has 0 amide bonds. The normalized spacial score (nSPS) is 11.9. The third-order valence-corrected chi connectivity index (χ3v) is 3.19. The first-order chi connectivity index (χ1) is 9.33. The van der Waals surface area contributed by atoms with E-state index < -0.39 is 5.54 Å². The van der Waals surface area contributed by atoms with Crippen molar-refractivity contribution in [2.75, 3.05) is 34.3 Å². The number of hydrogen-bond acceptors (Lipinski definition) is 5. The van der Waals surface area contributed by atoms with Gasteiger partial charge in [0, 0.05) is 6.54 Å². The summed E-state index contributed by atoms with van der Waals surface area (Å²) in [5.74, 6) is 0.521. The molecule has 6 nitrogen and oxygen atoms in total. The van der Waals surface area contributed by atoms with Crippen LogP contribution in [0.2, 0.25) is 0 Å². The molecule has 1 heterocycles. The van der Waals surface area contributed by atoms with Gasteiger partial charge >= 0.3 is 0 Å². The van der Waals surface area contributed by atoms with E-state index in [1.54, 1.807) is 18.0 Å². The fourth-order valence-electron chi connectivity index (χ4n) is 2.03. The summed E-state index contributed by atoms with van der Waals surface area (Å²) in [4.78, 5) is 14.8. The van der Waals surface area contributed by atoms with Crippen LogP contribution in [0.25, 0.3) is 0 Å². The van der Waals surface area contributed by atoms with Gasteiger partial charge in [-0.15, -0.1) is 0 Å². The topological polar surface area (TPSA) is 59.4 Å². The Bertz CT molecular complexity index is 452. The summed E-state index contributed by atoms with van der Waals surface area (Å²) in [6, 6.07) is 0. The van der Waals surface area contributed by atoms with E-state index >= 15 is 0 Å². The number of nitrogens with zero attached hydrogens (tertiary/aromatic N) is 3. The van der Waals surface area contributed by atoms with Crippen LogP contribution in [-0.2, 0) is 6.54 Å². The number of methoxy groups -OCH3 is 1. The van der Waals surface area contributed by atoms with Gasteiger partial charge in [0.2, 0.25) is 5.78 Å². The largest absolute Gasteiger partial charge is 0.493 e. The fourth-order valence-corrected chi connectivity index (χ4v) is 2.03. The Morgan fingerprint density at radius 2 is 2.15 bits per heavy atom. The van der Waals surface area contributed by atoms with E-state index in [-0.39, 0.29) is 5.78 Å². The minimum Gasteiger partial charge on any atom is -0.493 e. The van der Waals surface area contributed by atoms with Crippen molar-refractivity contribution >= 4 is 5.78 Å². The molecule has 0 aliphatic heterocycles. The molecule has 0 atom stereocenters. The first-order valence-corrected chi connectivity index (χ1v) is 6.87. The third kappa shape index (κ3) is 3.80. The van der Waals surface area contributed by atoms with Gasteiger partial charge < -0.3 is 15.0 Å². The number of carbonyl (C=O) groups excluding carboxylic acids is 1. The summed E-state index contributed by atoms with van der Waals surface area (Å²) in [5, 5.41) is 7.47. The highest BCUT2D eigenvalue weighted by Gasteiger charge is 2.32. The van der Waals surface area contributed by atoms with E-state index in [9.17, 15) is 4.79 Å². The standard InChI is InChI=1S/C14H26N4O2/c1-7-15-14(2,3)13(19)12-11(20-6)10-16-18(12)9-8-17(4)5/h10,15H,7-9H2,1-6H3. The number of carbonyl (C=O) groups is 1. The van der Waals surface area contributed by atoms with E-state index in [2.05, 4.69) is 15.3 Å². The van der Waals surface area contributed by atoms with Crippen molar-refractivity contribution in [2.24, 2.45) is 0 Å². The van der Waals surface area contributed by atoms with Crippen LogP contribution >= 0.6 is 0 Å². The summed E-state index contributed by atoms with van der Waals surface area (Å²) >= 11 is 0. The predicted molar refractivity (Wildman–Crippen MR) is 79.4 cm³/mol. The zero-order valence-corrected chi connectivity index (χ0v) is 13.4. The molecule has 0 spiro atoms. The average molecular weight is 282 g/mol. The molecule has 0 aliphatic rings. The maximum Gasteiger partial charge on any atom is 0.204 e. The molecule has 0 aliphatic carbocycles. The van der Waals surface area contributed by atoms with Gasteiger partial charge in [0.25, 0.3) is 0 Å². The van der Waals surface area contributed by atoms with E-state index in [1.807, 2.05) is 34.9 Å². The number of ketones is 1. The smallest absolute Gasteiger partial charge is 0.204 e. The summed E-state index contributed by atoms with van der Waals surface area (Å²) in [6.45, 7) is 7.93. The lowest BCUT2D eigenvalue weighted by atomic mass is 9.96. The van der Waals surface area contributed by atoms with Gasteiger partial charge in [-0.05, 0) is 34.5 Å². The predicted octanol–water partition coefficient (Wildman–Crippen LogP) is 1.02. The first kappa shape index (κ1) is 16.7. The van der Waals surface area contributed by atoms with E-state index in [0.29, 0.717) is 18.0 Å². The van der Waals surface area contributed by atoms with Crippen LogP contribution in [0, 0.1) is 0 Å². The highest BCUT2D eigenvalue weighted by molar-refractivity contribution is 6.03. The lowest BCUT2D eigenvalue weighted by Gasteiger charge is -2.25. The average Bonchev–Trinajstić information content (AvgIpc) is 2.77. The molecule has 20 heavy (non-hydrogen) atoms. The van der Waals surface area contributed by atoms with Crippen molar-refractivity contribution in [3.63, 3.8) is 0 Å². The molecule has 1 aromatic rings. The molecule has 1 N–H and O–H groups in total. The molecule has 0 radical (unpaired) electrons. The van der Waals surface area contributed by atoms with Gasteiger partial charge in [-0.3, -0.25) is 9.48 Å². The fraction of sp³-hybridized carbons (Fsp3) is 0.714. The number of likely N-dealkylation sites (N-methyl/N-ethyl adjacent to an activating group) is 2. The molecule has 0 fully saturated rings. The second-order valence-corrected chi connectivity index (χ2v) is 5.57. The number of nitrogens with one attached hydrogen (secondary N) is 1. The van der Waals surface area contributed by atoms with Crippen molar-refractivity contribution in [2.45, 2.75) is 32.9 Å². The molecule has 0 bridgehead atoms. The SMILES string of the molecule is CCNC(C)(C)C(=O)c1c(OC)cnn1CCN(C)C. The van der Waals surface area contributed by atoms with Crippen molar-refractivity contribution in [1.82, 2.24) is 20.0 Å². The van der Waals surface area contributed by atoms with Crippen LogP contribution < -0.4 is 10.1 Å². The number of ether oxygens (including phenoxy) is 1. The van der Waals surface area contributed by atoms with Gasteiger partial charge in [0.1, 0.15) is 5.69 Å². The van der Waals surface area contributed by atoms with Crippen LogP contribution in [0.5, 0.6) is 5.75 Å². The quantitative estimate of drug-likeness (QED) is 0.722. The van der Waals surface area contributed by atoms with Crippen molar-refractivity contribution in [1.29, 1.82) is 0 Å². The number of hydrogen-bond donors (Lipinski definition) is 1. The van der Waals surface area contributed by atoms with Crippen LogP contribution in [0.1, 0.15) is 31.3 Å². The van der Waals surface area contributed by atoms with Crippen LogP contribution in [0.4, 0.5) is 0 Å². The van der Waals surface area contributed by atoms with Gasteiger partial charge in [-0.25, -0.2) is 0 Å². The number of rotatable bonds is 8. The summed E-state index contributed by atoms with van der Waals surface area (Å²) < 4.78 is 7.00. The monoisotopic (exact) mass is 282 g/mol. The minimum absolute atomic E-state index is 0.00699. The Kier molecular flexibility index (Phi) is 5.71. The maximum absolute atomic E-state index is 12.7. The molecule has 0 aromatic carbocycles. The highest BCUT2D eigenvalue weighted by atomic mass is 16.5. The van der Waals surface area contributed by atoms with Gasteiger partial charge in [0.05, 0.1) is 25.4 Å². The molecular formula is C14H26N4O2. The van der Waals surface area contributed by atoms with Gasteiger partial charge in [-0.1, -0.05) is 6.92 Å². The molecule has 1 rings (SSSR count). The molecule has 0 saturated carbocycles. The summed E-state index contributed by atoms with van der Waals surface area (Å²) in [7, 11) is 5.54. The maximum atomic E-state index is 12.7. The molecule has 6 heteroatoms. The third-order valence-electron chi connectivity index (χ3n) is 3.19. The Balaban J connectivity index is 3.07. The highest BCUT2D eigenvalue weighted by Crippen LogP contribution is 2.23. The number of aromatic nitrogens is 2. The van der Waals surface area contributed by atoms with Gasteiger partial charge in [-0.2, -0.15) is 5.10 Å². The summed E-state index contributed by atoms with van der Waals surface area (Å²) in [6.07, 6.45) is 1.60. The Labute approximate surface area is 121 Å². The van der Waals surface area contributed by atoms with E-state index in [1.165, 1.54) is 0 Å². The van der Waals surface area contributed by atoms with Crippen molar-refractivity contribution in [3.05, 3.63) is 11.9 Å². The Morgan fingerprint density at radius 1 is 1.50 bits per heavy atom. The van der Waals surface area contributed by atoms with Crippen LogP contribution in [-0.4, -0.2) is 60.3 Å². The van der Waals surface area contributed by atoms with E-state index in [4.69, 9.17) is 4.74 Å². The van der Waals surface area contributed by atoms with Crippen molar-refractivity contribution < 1.29 is 9.53 Å². The first-order valence-electron chi connectivity index (χ1n) is 6.87. The zero-order chi connectivity index (χ0) is 15.3. The molecular weight excluding hydrogens is 256 g/mol. The molecule has 0 saturated heterocycles. The molecule has 114 valence electrons. The second-order valence-electron chi connectivity index (χ2n) is 5.57.